The summed E-state index contributed by atoms with van der Waals surface area (Å²) in [6, 6.07) is 0. The van der Waals surface area contributed by atoms with Crippen LogP contribution in [-0.4, -0.2) is 53.1 Å². The van der Waals surface area contributed by atoms with Crippen molar-refractivity contribution in [1.29, 1.82) is 0 Å². The Labute approximate surface area is 90.0 Å². The Balaban J connectivity index is 2.04. The van der Waals surface area contributed by atoms with Gasteiger partial charge >= 0.3 is 19.9 Å². The fourth-order valence-corrected chi connectivity index (χ4v) is 2.33. The highest BCUT2D eigenvalue weighted by Crippen LogP contribution is 2.49. The molecule has 16 heavy (non-hydrogen) atoms. The van der Waals surface area contributed by atoms with Crippen molar-refractivity contribution in [3.05, 3.63) is 0 Å². The summed E-state index contributed by atoms with van der Waals surface area (Å²) in [7, 11) is -4.40. The molecule has 9 nitrogen and oxygen atoms in total. The highest BCUT2D eigenvalue weighted by atomic mass is 31.2. The summed E-state index contributed by atoms with van der Waals surface area (Å²) < 4.78 is 25.7. The van der Waals surface area contributed by atoms with Crippen LogP contribution in [0.2, 0.25) is 0 Å². The molecular formula is C6H9N2O7P. The molecule has 0 aliphatic carbocycles. The number of carbonyl (C=O) groups is 2. The average Bonchev–Trinajstić information content (AvgIpc) is 2.76. The highest BCUT2D eigenvalue weighted by Gasteiger charge is 2.43. The summed E-state index contributed by atoms with van der Waals surface area (Å²) in [5, 5.41) is 0.604. The van der Waals surface area contributed by atoms with E-state index in [1.807, 2.05) is 0 Å². The number of hydrogen-bond donors (Lipinski definition) is 1. The maximum Gasteiger partial charge on any atom is 0.459 e. The van der Waals surface area contributed by atoms with E-state index in [1.165, 1.54) is 0 Å². The molecule has 1 N–H and O–H groups in total. The van der Waals surface area contributed by atoms with Crippen LogP contribution in [0, 0.1) is 0 Å². The highest BCUT2D eigenvalue weighted by molar-refractivity contribution is 7.50. The molecule has 10 heteroatoms. The van der Waals surface area contributed by atoms with Crippen LogP contribution in [0.1, 0.15) is 0 Å². The number of cyclic esters (lactones) is 2. The Bertz CT molecular complexity index is 372. The van der Waals surface area contributed by atoms with Gasteiger partial charge in [0.05, 0.1) is 13.1 Å². The van der Waals surface area contributed by atoms with E-state index in [4.69, 9.17) is 0 Å². The number of ether oxygens (including phenoxy) is 2. The number of carbonyl (C=O) groups excluding carboxylic acids is 2. The van der Waals surface area contributed by atoms with Gasteiger partial charge in [-0.25, -0.2) is 18.8 Å². The first kappa shape index (κ1) is 11.2. The van der Waals surface area contributed by atoms with Gasteiger partial charge in [-0.15, -0.1) is 0 Å². The predicted octanol–water partition coefficient (Wildman–Crippen LogP) is -0.0772. The fourth-order valence-electron chi connectivity index (χ4n) is 1.24. The average molecular weight is 252 g/mol. The number of hydrogen-bond acceptors (Lipinski definition) is 6. The zero-order valence-corrected chi connectivity index (χ0v) is 8.96. The second kappa shape index (κ2) is 3.93. The summed E-state index contributed by atoms with van der Waals surface area (Å²) in [5.41, 5.74) is 0. The van der Waals surface area contributed by atoms with E-state index < -0.39 is 19.9 Å². The van der Waals surface area contributed by atoms with E-state index in [9.17, 15) is 19.0 Å². The number of rotatable bonds is 3. The minimum absolute atomic E-state index is 0.0111. The molecule has 0 saturated carbocycles. The second-order valence-corrected chi connectivity index (χ2v) is 4.65. The molecule has 1 atom stereocenters. The maximum atomic E-state index is 11.6. The second-order valence-electron chi connectivity index (χ2n) is 3.03. The smallest absolute Gasteiger partial charge is 0.447 e. The third kappa shape index (κ3) is 1.97. The molecule has 2 aliphatic heterocycles. The fraction of sp³-hybridized carbons (Fsp3) is 0.667. The summed E-state index contributed by atoms with van der Waals surface area (Å²) in [6.07, 6.45) is -1.81. The van der Waals surface area contributed by atoms with Crippen molar-refractivity contribution in [2.75, 3.05) is 26.3 Å². The normalized spacial score (nSPS) is 24.3. The van der Waals surface area contributed by atoms with Crippen LogP contribution in [0.3, 0.4) is 0 Å². The van der Waals surface area contributed by atoms with Crippen LogP contribution in [0.4, 0.5) is 9.59 Å². The SMILES string of the molecule is O=C1OCCN1OP(=O)(O)N1CCOC1=O. The van der Waals surface area contributed by atoms with Crippen LogP contribution in [0.15, 0.2) is 0 Å². The van der Waals surface area contributed by atoms with Gasteiger partial charge in [0, 0.05) is 0 Å². The molecule has 0 aromatic heterocycles. The zero-order chi connectivity index (χ0) is 11.8. The van der Waals surface area contributed by atoms with E-state index in [0.717, 1.165) is 0 Å². The first-order valence-electron chi connectivity index (χ1n) is 4.42. The van der Waals surface area contributed by atoms with Gasteiger partial charge in [-0.2, -0.15) is 9.69 Å². The lowest BCUT2D eigenvalue weighted by Crippen LogP contribution is -2.29. The molecule has 2 rings (SSSR count). The molecule has 0 aromatic carbocycles. The van der Waals surface area contributed by atoms with Gasteiger partial charge in [0.25, 0.3) is 0 Å². The quantitative estimate of drug-likeness (QED) is 0.700. The largest absolute Gasteiger partial charge is 0.459 e. The van der Waals surface area contributed by atoms with Crippen molar-refractivity contribution in [2.24, 2.45) is 0 Å². The van der Waals surface area contributed by atoms with Crippen LogP contribution < -0.4 is 0 Å². The van der Waals surface area contributed by atoms with Gasteiger partial charge in [0.1, 0.15) is 13.2 Å². The molecular weight excluding hydrogens is 243 g/mol. The van der Waals surface area contributed by atoms with Gasteiger partial charge in [0.2, 0.25) is 0 Å². The Morgan fingerprint density at radius 2 is 1.81 bits per heavy atom. The van der Waals surface area contributed by atoms with Crippen molar-refractivity contribution in [2.45, 2.75) is 0 Å². The van der Waals surface area contributed by atoms with E-state index in [2.05, 4.69) is 14.1 Å². The molecule has 2 amide bonds. The molecule has 0 spiro atoms. The molecule has 0 aromatic rings. The molecule has 0 bridgehead atoms. The molecule has 1 unspecified atom stereocenters. The van der Waals surface area contributed by atoms with Crippen LogP contribution >= 0.6 is 7.75 Å². The monoisotopic (exact) mass is 252 g/mol. The van der Waals surface area contributed by atoms with Crippen molar-refractivity contribution < 1.29 is 33.1 Å². The van der Waals surface area contributed by atoms with Crippen molar-refractivity contribution >= 4 is 19.9 Å². The van der Waals surface area contributed by atoms with Crippen molar-refractivity contribution in [1.82, 2.24) is 9.73 Å². The minimum Gasteiger partial charge on any atom is -0.447 e. The van der Waals surface area contributed by atoms with E-state index >= 15 is 0 Å². The summed E-state index contributed by atoms with van der Waals surface area (Å²) in [4.78, 5) is 31.5. The number of nitrogens with zero attached hydrogens (tertiary/aromatic N) is 2. The maximum absolute atomic E-state index is 11.6. The first-order chi connectivity index (χ1) is 7.50. The van der Waals surface area contributed by atoms with Gasteiger partial charge < -0.3 is 14.4 Å². The summed E-state index contributed by atoms with van der Waals surface area (Å²) >= 11 is 0. The van der Waals surface area contributed by atoms with Crippen molar-refractivity contribution in [3.8, 4) is 0 Å². The summed E-state index contributed by atoms with van der Waals surface area (Å²) in [6.45, 7) is 0.0578. The predicted molar refractivity (Wildman–Crippen MR) is 47.0 cm³/mol. The van der Waals surface area contributed by atoms with Crippen LogP contribution in [0.25, 0.3) is 0 Å². The van der Waals surface area contributed by atoms with E-state index in [0.29, 0.717) is 9.73 Å². The van der Waals surface area contributed by atoms with Gasteiger partial charge in [-0.3, -0.25) is 0 Å². The Morgan fingerprint density at radius 1 is 1.19 bits per heavy atom. The molecule has 90 valence electrons. The lowest BCUT2D eigenvalue weighted by Gasteiger charge is -2.22. The molecule has 2 fully saturated rings. The van der Waals surface area contributed by atoms with E-state index in [1.54, 1.807) is 0 Å². The van der Waals surface area contributed by atoms with Crippen molar-refractivity contribution in [3.63, 3.8) is 0 Å². The Kier molecular flexibility index (Phi) is 2.75. The summed E-state index contributed by atoms with van der Waals surface area (Å²) in [5.74, 6) is 0. The third-order valence-electron chi connectivity index (χ3n) is 1.97. The standard InChI is InChI=1S/C6H9N2O7P/c9-5-7(1-3-13-5)15-16(11,12)8-2-4-14-6(8)10/h1-4H2,(H,11,12). The first-order valence-corrected chi connectivity index (χ1v) is 5.95. The van der Waals surface area contributed by atoms with Crippen LogP contribution in [-0.2, 0) is 18.7 Å². The third-order valence-corrected chi connectivity index (χ3v) is 3.36. The lowest BCUT2D eigenvalue weighted by atomic mass is 10.7. The van der Waals surface area contributed by atoms with E-state index in [-0.39, 0.29) is 26.3 Å². The van der Waals surface area contributed by atoms with Gasteiger partial charge in [0.15, 0.2) is 0 Å². The molecule has 0 radical (unpaired) electrons. The van der Waals surface area contributed by atoms with Gasteiger partial charge in [-0.05, 0) is 0 Å². The molecule has 2 heterocycles. The Morgan fingerprint density at radius 3 is 2.31 bits per heavy atom. The zero-order valence-electron chi connectivity index (χ0n) is 8.07. The van der Waals surface area contributed by atoms with Crippen LogP contribution in [0.5, 0.6) is 0 Å². The molecule has 2 saturated heterocycles. The molecule has 2 aliphatic rings. The number of hydroxylamine groups is 2. The topological polar surface area (TPSA) is 106 Å². The minimum atomic E-state index is -4.40. The number of amides is 2. The lowest BCUT2D eigenvalue weighted by molar-refractivity contribution is -0.0203. The van der Waals surface area contributed by atoms with Gasteiger partial charge in [-0.1, -0.05) is 0 Å². The Hall–Kier alpha value is -1.31.